The molecule has 1 heterocycles. The van der Waals surface area contributed by atoms with Gasteiger partial charge in [0.15, 0.2) is 0 Å². The highest BCUT2D eigenvalue weighted by Gasteiger charge is 2.35. The summed E-state index contributed by atoms with van der Waals surface area (Å²) in [7, 11) is 0. The quantitative estimate of drug-likeness (QED) is 0.408. The molecule has 4 rings (SSSR count). The summed E-state index contributed by atoms with van der Waals surface area (Å²) in [6.07, 6.45) is 3.37. The Balaban J connectivity index is 1.47. The highest BCUT2D eigenvalue weighted by Crippen LogP contribution is 2.43. The fourth-order valence-electron chi connectivity index (χ4n) is 5.62. The predicted molar refractivity (Wildman–Crippen MR) is 139 cm³/mol. The average Bonchev–Trinajstić information content (AvgIpc) is 3.35. The number of rotatable bonds is 9. The van der Waals surface area contributed by atoms with Gasteiger partial charge in [-0.2, -0.15) is 0 Å². The number of halogens is 1. The van der Waals surface area contributed by atoms with Crippen molar-refractivity contribution in [2.75, 3.05) is 19.7 Å². The molecule has 0 radical (unpaired) electrons. The minimum absolute atomic E-state index is 0.128. The van der Waals surface area contributed by atoms with Gasteiger partial charge in [0.25, 0.3) is 0 Å². The van der Waals surface area contributed by atoms with Gasteiger partial charge >= 0.3 is 11.9 Å². The summed E-state index contributed by atoms with van der Waals surface area (Å²) in [5.41, 5.74) is 4.74. The maximum atomic E-state index is 14.1. The van der Waals surface area contributed by atoms with E-state index in [0.29, 0.717) is 24.5 Å². The van der Waals surface area contributed by atoms with Gasteiger partial charge in [0, 0.05) is 17.7 Å². The fraction of sp³-hybridized carbons (Fsp3) is 0.533. The van der Waals surface area contributed by atoms with Crippen LogP contribution in [0.25, 0.3) is 0 Å². The Labute approximate surface area is 219 Å². The van der Waals surface area contributed by atoms with E-state index in [1.165, 1.54) is 11.6 Å². The predicted octanol–water partition coefficient (Wildman–Crippen LogP) is 5.61. The first-order valence-corrected chi connectivity index (χ1v) is 13.4. The molecule has 7 heteroatoms. The molecule has 2 aromatic rings. The minimum Gasteiger partial charge on any atom is -0.489 e. The fourth-order valence-corrected chi connectivity index (χ4v) is 5.62. The number of esters is 2. The van der Waals surface area contributed by atoms with Crippen LogP contribution >= 0.6 is 0 Å². The zero-order valence-corrected chi connectivity index (χ0v) is 22.3. The zero-order valence-electron chi connectivity index (χ0n) is 22.3. The molecule has 1 fully saturated rings. The Bertz CT molecular complexity index is 1130. The highest BCUT2D eigenvalue weighted by molar-refractivity contribution is 5.76. The summed E-state index contributed by atoms with van der Waals surface area (Å²) in [6.45, 7) is 9.68. The largest absolute Gasteiger partial charge is 0.489 e. The van der Waals surface area contributed by atoms with Crippen molar-refractivity contribution >= 4 is 11.9 Å². The third-order valence-electron chi connectivity index (χ3n) is 7.70. The third-order valence-corrected chi connectivity index (χ3v) is 7.70. The number of hydrogen-bond acceptors (Lipinski definition) is 6. The van der Waals surface area contributed by atoms with Crippen LogP contribution in [0.4, 0.5) is 4.39 Å². The summed E-state index contributed by atoms with van der Waals surface area (Å²) < 4.78 is 31.5. The molecule has 2 aromatic carbocycles. The number of benzene rings is 2. The van der Waals surface area contributed by atoms with E-state index in [1.54, 1.807) is 25.1 Å². The van der Waals surface area contributed by atoms with E-state index in [1.807, 2.05) is 24.8 Å². The molecule has 1 aliphatic carbocycles. The smallest absolute Gasteiger partial charge is 0.323 e. The van der Waals surface area contributed by atoms with Gasteiger partial charge in [-0.3, -0.25) is 14.5 Å². The van der Waals surface area contributed by atoms with E-state index < -0.39 is 0 Å². The van der Waals surface area contributed by atoms with Crippen molar-refractivity contribution in [3.05, 3.63) is 64.0 Å². The van der Waals surface area contributed by atoms with Crippen LogP contribution in [0.1, 0.15) is 73.5 Å². The van der Waals surface area contributed by atoms with Gasteiger partial charge in [-0.15, -0.1) is 0 Å². The molecular formula is C30H38FNO5. The lowest BCUT2D eigenvalue weighted by molar-refractivity contribution is -0.155. The minimum atomic E-state index is -0.369. The van der Waals surface area contributed by atoms with Gasteiger partial charge in [-0.05, 0) is 87.7 Å². The zero-order chi connectivity index (χ0) is 26.5. The van der Waals surface area contributed by atoms with Gasteiger partial charge in [-0.1, -0.05) is 25.1 Å². The maximum absolute atomic E-state index is 14.1. The first-order valence-electron chi connectivity index (χ1n) is 13.4. The van der Waals surface area contributed by atoms with Crippen molar-refractivity contribution in [3.63, 3.8) is 0 Å². The van der Waals surface area contributed by atoms with Crippen molar-refractivity contribution < 1.29 is 28.2 Å². The lowest BCUT2D eigenvalue weighted by Crippen LogP contribution is -2.38. The van der Waals surface area contributed by atoms with Crippen LogP contribution in [0, 0.1) is 25.6 Å². The number of hydrogen-bond donors (Lipinski definition) is 0. The molecular weight excluding hydrogens is 473 g/mol. The first kappa shape index (κ1) is 27.1. The normalized spacial score (nSPS) is 21.4. The Kier molecular flexibility index (Phi) is 8.85. The number of aryl methyl sites for hydroxylation is 1. The number of ether oxygens (including phenoxy) is 3. The topological polar surface area (TPSA) is 65.1 Å². The Morgan fingerprint density at radius 2 is 1.95 bits per heavy atom. The molecule has 2 aliphatic rings. The molecule has 3 atom stereocenters. The van der Waals surface area contributed by atoms with Crippen molar-refractivity contribution in [2.45, 2.75) is 78.6 Å². The van der Waals surface area contributed by atoms with E-state index in [4.69, 9.17) is 14.2 Å². The third kappa shape index (κ3) is 6.15. The van der Waals surface area contributed by atoms with Crippen LogP contribution in [0.15, 0.2) is 30.3 Å². The van der Waals surface area contributed by atoms with E-state index in [9.17, 15) is 14.0 Å². The number of fused-ring (bicyclic) bond motifs is 1. The van der Waals surface area contributed by atoms with Crippen LogP contribution in [-0.2, 0) is 32.1 Å². The standard InChI is InChI=1S/C30H38FNO5/c1-5-35-30(34)25-11-8-15-32(25)16-14-27(33)37-29-19(2)12-13-23-20(3)17-26(21(4)28(23)29)36-18-22-9-6-7-10-24(22)31/h6-7,9-10,17,19,25,29H,5,8,11-16,18H2,1-4H3/t19?,25-,29-/m1/s1. The molecule has 0 bridgehead atoms. The van der Waals surface area contributed by atoms with Gasteiger partial charge in [-0.25, -0.2) is 4.39 Å². The molecule has 1 unspecified atom stereocenters. The van der Waals surface area contributed by atoms with E-state index in [-0.39, 0.29) is 48.8 Å². The SMILES string of the molecule is CCOC(=O)[C@H]1CCCN1CCC(=O)O[C@H]1c2c(C)c(OCc3ccccc3F)cc(C)c2CCC1C. The summed E-state index contributed by atoms with van der Waals surface area (Å²) in [4.78, 5) is 27.3. The average molecular weight is 512 g/mol. The van der Waals surface area contributed by atoms with Gasteiger partial charge in [0.1, 0.15) is 30.3 Å². The van der Waals surface area contributed by atoms with Crippen molar-refractivity contribution in [1.82, 2.24) is 4.90 Å². The molecule has 6 nitrogen and oxygen atoms in total. The van der Waals surface area contributed by atoms with Gasteiger partial charge < -0.3 is 14.2 Å². The molecule has 1 aliphatic heterocycles. The molecule has 0 saturated carbocycles. The lowest BCUT2D eigenvalue weighted by Gasteiger charge is -2.34. The number of likely N-dealkylation sites (tertiary alicyclic amines) is 1. The van der Waals surface area contributed by atoms with Crippen molar-refractivity contribution in [2.24, 2.45) is 5.92 Å². The second-order valence-corrected chi connectivity index (χ2v) is 10.2. The van der Waals surface area contributed by atoms with E-state index in [0.717, 1.165) is 48.9 Å². The molecule has 0 N–H and O–H groups in total. The van der Waals surface area contributed by atoms with Crippen LogP contribution in [0.5, 0.6) is 5.75 Å². The number of carbonyl (C=O) groups is 2. The summed E-state index contributed by atoms with van der Waals surface area (Å²) in [5, 5.41) is 0. The number of nitrogens with zero attached hydrogens (tertiary/aromatic N) is 1. The molecule has 0 spiro atoms. The molecule has 0 amide bonds. The Morgan fingerprint density at radius 1 is 1.16 bits per heavy atom. The summed E-state index contributed by atoms with van der Waals surface area (Å²) in [5.74, 6) is 0.0732. The second-order valence-electron chi connectivity index (χ2n) is 10.2. The van der Waals surface area contributed by atoms with E-state index in [2.05, 4.69) is 6.92 Å². The maximum Gasteiger partial charge on any atom is 0.323 e. The van der Waals surface area contributed by atoms with Crippen molar-refractivity contribution in [3.8, 4) is 5.75 Å². The molecule has 0 aromatic heterocycles. The van der Waals surface area contributed by atoms with Crippen LogP contribution < -0.4 is 4.74 Å². The number of carbonyl (C=O) groups excluding carboxylic acids is 2. The summed E-state index contributed by atoms with van der Waals surface area (Å²) >= 11 is 0. The Hall–Kier alpha value is -2.93. The summed E-state index contributed by atoms with van der Waals surface area (Å²) in [6, 6.07) is 8.33. The van der Waals surface area contributed by atoms with Crippen molar-refractivity contribution in [1.29, 1.82) is 0 Å². The van der Waals surface area contributed by atoms with Crippen LogP contribution in [0.2, 0.25) is 0 Å². The molecule has 37 heavy (non-hydrogen) atoms. The molecule has 1 saturated heterocycles. The lowest BCUT2D eigenvalue weighted by atomic mass is 9.78. The Morgan fingerprint density at radius 3 is 2.70 bits per heavy atom. The molecule has 200 valence electrons. The van der Waals surface area contributed by atoms with Crippen LogP contribution in [-0.4, -0.2) is 42.6 Å². The second kappa shape index (κ2) is 12.1. The monoisotopic (exact) mass is 511 g/mol. The van der Waals surface area contributed by atoms with Crippen LogP contribution in [0.3, 0.4) is 0 Å². The van der Waals surface area contributed by atoms with E-state index >= 15 is 0 Å². The highest BCUT2D eigenvalue weighted by atomic mass is 19.1. The van der Waals surface area contributed by atoms with Gasteiger partial charge in [0.05, 0.1) is 13.0 Å². The van der Waals surface area contributed by atoms with Gasteiger partial charge in [0.2, 0.25) is 0 Å². The first-order chi connectivity index (χ1) is 17.8.